The Morgan fingerprint density at radius 2 is 2.11 bits per heavy atom. The summed E-state index contributed by atoms with van der Waals surface area (Å²) in [5.41, 5.74) is 2.13. The third-order valence-corrected chi connectivity index (χ3v) is 3.22. The van der Waals surface area contributed by atoms with Gasteiger partial charge in [0, 0.05) is 11.7 Å². The van der Waals surface area contributed by atoms with Crippen LogP contribution in [-0.2, 0) is 5.54 Å². The topological polar surface area (TPSA) is 42.7 Å². The van der Waals surface area contributed by atoms with E-state index in [9.17, 15) is 0 Å². The van der Waals surface area contributed by atoms with E-state index in [0.29, 0.717) is 0 Å². The Kier molecular flexibility index (Phi) is 3.39. The minimum atomic E-state index is 0.00963. The van der Waals surface area contributed by atoms with Crippen LogP contribution >= 0.6 is 0 Å². The number of nitrogens with one attached hydrogen (secondary N) is 1. The van der Waals surface area contributed by atoms with Gasteiger partial charge in [-0.15, -0.1) is 0 Å². The standard InChI is InChI=1S/C14H22N4/c1-6-10(15-5)13-17-11-9-16-8-7-12(11)18(13)14(2,3)4/h7-10,15H,6H2,1-5H3. The second kappa shape index (κ2) is 4.69. The fraction of sp³-hybridized carbons (Fsp3) is 0.571. The van der Waals surface area contributed by atoms with E-state index in [2.05, 4.69) is 42.6 Å². The number of rotatable bonds is 3. The Balaban J connectivity index is 2.72. The highest BCUT2D eigenvalue weighted by molar-refractivity contribution is 5.75. The van der Waals surface area contributed by atoms with Crippen molar-refractivity contribution < 1.29 is 0 Å². The molecule has 1 atom stereocenters. The van der Waals surface area contributed by atoms with Crippen LogP contribution in [0, 0.1) is 0 Å². The summed E-state index contributed by atoms with van der Waals surface area (Å²) in [5, 5.41) is 3.34. The van der Waals surface area contributed by atoms with Crippen LogP contribution in [-0.4, -0.2) is 21.6 Å². The zero-order chi connectivity index (χ0) is 13.3. The first-order valence-electron chi connectivity index (χ1n) is 6.49. The minimum absolute atomic E-state index is 0.00963. The molecule has 98 valence electrons. The number of fused-ring (bicyclic) bond motifs is 1. The molecule has 4 nitrogen and oxygen atoms in total. The summed E-state index contributed by atoms with van der Waals surface area (Å²) in [6.45, 7) is 8.80. The van der Waals surface area contributed by atoms with Gasteiger partial charge in [-0.2, -0.15) is 0 Å². The summed E-state index contributed by atoms with van der Waals surface area (Å²) in [7, 11) is 1.98. The van der Waals surface area contributed by atoms with Crippen LogP contribution in [0.5, 0.6) is 0 Å². The van der Waals surface area contributed by atoms with Crippen LogP contribution in [0.1, 0.15) is 46.0 Å². The van der Waals surface area contributed by atoms with E-state index in [4.69, 9.17) is 4.98 Å². The number of imidazole rings is 1. The fourth-order valence-electron chi connectivity index (χ4n) is 2.41. The number of hydrogen-bond acceptors (Lipinski definition) is 3. The number of aromatic nitrogens is 3. The molecular formula is C14H22N4. The van der Waals surface area contributed by atoms with Crippen LogP contribution in [0.3, 0.4) is 0 Å². The van der Waals surface area contributed by atoms with Gasteiger partial charge in [-0.1, -0.05) is 6.92 Å². The summed E-state index contributed by atoms with van der Waals surface area (Å²) in [6.07, 6.45) is 4.68. The van der Waals surface area contributed by atoms with E-state index < -0.39 is 0 Å². The molecule has 4 heteroatoms. The first-order chi connectivity index (χ1) is 8.49. The van der Waals surface area contributed by atoms with Crippen molar-refractivity contribution in [3.8, 4) is 0 Å². The largest absolute Gasteiger partial charge is 0.321 e. The quantitative estimate of drug-likeness (QED) is 0.905. The van der Waals surface area contributed by atoms with Gasteiger partial charge in [0.15, 0.2) is 0 Å². The third kappa shape index (κ3) is 2.12. The van der Waals surface area contributed by atoms with Crippen molar-refractivity contribution in [1.29, 1.82) is 0 Å². The zero-order valence-corrected chi connectivity index (χ0v) is 11.9. The molecule has 0 aliphatic carbocycles. The molecule has 0 amide bonds. The van der Waals surface area contributed by atoms with E-state index in [0.717, 1.165) is 23.3 Å². The van der Waals surface area contributed by atoms with Crippen molar-refractivity contribution in [1.82, 2.24) is 19.9 Å². The molecule has 2 heterocycles. The van der Waals surface area contributed by atoms with Crippen LogP contribution in [0.25, 0.3) is 11.0 Å². The van der Waals surface area contributed by atoms with Gasteiger partial charge >= 0.3 is 0 Å². The summed E-state index contributed by atoms with van der Waals surface area (Å²) >= 11 is 0. The molecule has 1 unspecified atom stereocenters. The van der Waals surface area contributed by atoms with Gasteiger partial charge < -0.3 is 9.88 Å². The van der Waals surface area contributed by atoms with Crippen molar-refractivity contribution in [2.24, 2.45) is 0 Å². The van der Waals surface area contributed by atoms with E-state index >= 15 is 0 Å². The Morgan fingerprint density at radius 1 is 1.39 bits per heavy atom. The Labute approximate surface area is 108 Å². The average Bonchev–Trinajstić information content (AvgIpc) is 2.69. The van der Waals surface area contributed by atoms with Crippen molar-refractivity contribution in [2.75, 3.05) is 7.05 Å². The summed E-state index contributed by atoms with van der Waals surface area (Å²) < 4.78 is 2.31. The molecule has 0 bridgehead atoms. The van der Waals surface area contributed by atoms with E-state index in [-0.39, 0.29) is 11.6 Å². The van der Waals surface area contributed by atoms with E-state index in [1.807, 2.05) is 25.5 Å². The van der Waals surface area contributed by atoms with Crippen LogP contribution in [0.15, 0.2) is 18.5 Å². The van der Waals surface area contributed by atoms with Crippen molar-refractivity contribution >= 4 is 11.0 Å². The molecule has 0 spiro atoms. The molecule has 2 aromatic heterocycles. The molecule has 0 saturated carbocycles. The maximum Gasteiger partial charge on any atom is 0.127 e. The van der Waals surface area contributed by atoms with Gasteiger partial charge in [0.05, 0.1) is 17.8 Å². The lowest BCUT2D eigenvalue weighted by atomic mass is 10.1. The maximum absolute atomic E-state index is 4.76. The lowest BCUT2D eigenvalue weighted by Crippen LogP contribution is -2.28. The highest BCUT2D eigenvalue weighted by Crippen LogP contribution is 2.28. The second-order valence-electron chi connectivity index (χ2n) is 5.59. The maximum atomic E-state index is 4.76. The summed E-state index contributed by atoms with van der Waals surface area (Å²) in [5.74, 6) is 1.09. The SMILES string of the molecule is CCC(NC)c1nc2cnccc2n1C(C)(C)C. The molecule has 0 aliphatic rings. The second-order valence-corrected chi connectivity index (χ2v) is 5.59. The highest BCUT2D eigenvalue weighted by atomic mass is 15.2. The first-order valence-corrected chi connectivity index (χ1v) is 6.49. The minimum Gasteiger partial charge on any atom is -0.321 e. The van der Waals surface area contributed by atoms with Gasteiger partial charge in [-0.25, -0.2) is 4.98 Å². The van der Waals surface area contributed by atoms with Gasteiger partial charge in [0.2, 0.25) is 0 Å². The van der Waals surface area contributed by atoms with Crippen molar-refractivity contribution in [2.45, 2.75) is 45.7 Å². The van der Waals surface area contributed by atoms with Crippen molar-refractivity contribution in [3.05, 3.63) is 24.3 Å². The smallest absolute Gasteiger partial charge is 0.127 e. The predicted molar refractivity (Wildman–Crippen MR) is 74.6 cm³/mol. The number of nitrogens with zero attached hydrogens (tertiary/aromatic N) is 3. The fourth-order valence-corrected chi connectivity index (χ4v) is 2.41. The average molecular weight is 246 g/mol. The van der Waals surface area contributed by atoms with E-state index in [1.165, 1.54) is 0 Å². The molecule has 2 aromatic rings. The van der Waals surface area contributed by atoms with Crippen LogP contribution in [0.2, 0.25) is 0 Å². The van der Waals surface area contributed by atoms with Crippen LogP contribution < -0.4 is 5.32 Å². The Morgan fingerprint density at radius 3 is 2.67 bits per heavy atom. The molecule has 2 rings (SSSR count). The normalized spacial score (nSPS) is 14.1. The molecule has 0 fully saturated rings. The predicted octanol–water partition coefficient (Wildman–Crippen LogP) is 2.86. The molecule has 0 radical (unpaired) electrons. The van der Waals surface area contributed by atoms with Gasteiger partial charge in [0.1, 0.15) is 11.3 Å². The lowest BCUT2D eigenvalue weighted by molar-refractivity contribution is 0.371. The van der Waals surface area contributed by atoms with Crippen molar-refractivity contribution in [3.63, 3.8) is 0 Å². The third-order valence-electron chi connectivity index (χ3n) is 3.22. The summed E-state index contributed by atoms with van der Waals surface area (Å²) in [6, 6.07) is 2.32. The molecule has 0 saturated heterocycles. The summed E-state index contributed by atoms with van der Waals surface area (Å²) in [4.78, 5) is 8.92. The number of pyridine rings is 1. The zero-order valence-electron chi connectivity index (χ0n) is 11.9. The lowest BCUT2D eigenvalue weighted by Gasteiger charge is -2.27. The van der Waals surface area contributed by atoms with Gasteiger partial charge in [-0.3, -0.25) is 4.98 Å². The Hall–Kier alpha value is -1.42. The molecule has 0 aliphatic heterocycles. The van der Waals surface area contributed by atoms with Crippen LogP contribution in [0.4, 0.5) is 0 Å². The molecular weight excluding hydrogens is 224 g/mol. The number of hydrogen-bond donors (Lipinski definition) is 1. The molecule has 1 N–H and O–H groups in total. The van der Waals surface area contributed by atoms with Gasteiger partial charge in [0.25, 0.3) is 0 Å². The monoisotopic (exact) mass is 246 g/mol. The van der Waals surface area contributed by atoms with E-state index in [1.54, 1.807) is 0 Å². The molecule has 18 heavy (non-hydrogen) atoms. The first kappa shape index (κ1) is 13.0. The highest BCUT2D eigenvalue weighted by Gasteiger charge is 2.24. The molecule has 0 aromatic carbocycles. The Bertz CT molecular complexity index is 532. The van der Waals surface area contributed by atoms with Gasteiger partial charge in [-0.05, 0) is 40.3 Å².